The largest absolute Gasteiger partial charge is 0.465 e. The SMILES string of the molecule is COC(=O)c1ccc([C@@]2(O)CC34C[C@@H]5CC(C[C@@H](C5)C3)[C@@H]42)cc1. The smallest absolute Gasteiger partial charge is 0.337 e. The maximum Gasteiger partial charge on any atom is 0.337 e. The number of hydrogen-bond donors (Lipinski definition) is 1. The molecule has 6 rings (SSSR count). The summed E-state index contributed by atoms with van der Waals surface area (Å²) in [6.45, 7) is 0. The molecule has 0 heterocycles. The van der Waals surface area contributed by atoms with Crippen LogP contribution in [0, 0.1) is 29.1 Å². The van der Waals surface area contributed by atoms with Gasteiger partial charge in [-0.05, 0) is 79.4 Å². The van der Waals surface area contributed by atoms with Gasteiger partial charge in [-0.15, -0.1) is 0 Å². The number of benzene rings is 1. The maximum absolute atomic E-state index is 11.6. The molecule has 0 amide bonds. The van der Waals surface area contributed by atoms with E-state index in [9.17, 15) is 9.90 Å². The number of methoxy groups -OCH3 is 1. The molecule has 1 spiro atoms. The van der Waals surface area contributed by atoms with Crippen LogP contribution in [0.2, 0.25) is 0 Å². The van der Waals surface area contributed by atoms with Crippen LogP contribution in [0.5, 0.6) is 0 Å². The molecule has 1 aromatic rings. The second-order valence-electron chi connectivity index (χ2n) is 8.62. The summed E-state index contributed by atoms with van der Waals surface area (Å²) in [6.07, 6.45) is 7.69. The molecule has 2 unspecified atom stereocenters. The minimum absolute atomic E-state index is 0.316. The van der Waals surface area contributed by atoms with E-state index in [4.69, 9.17) is 4.74 Å². The standard InChI is InChI=1S/C20H24O3/c1-23-18(21)14-2-4-16(5-3-14)20(22)11-19-9-12-6-13(10-19)8-15(7-12)17(19)20/h2-5,12-13,15,17,22H,6-11H2,1H3/t12-,13+,15?,17-,19?,20-/m0/s1. The van der Waals surface area contributed by atoms with E-state index in [0.717, 1.165) is 23.8 Å². The Kier molecular flexibility index (Phi) is 2.67. The minimum Gasteiger partial charge on any atom is -0.465 e. The van der Waals surface area contributed by atoms with Gasteiger partial charge in [-0.1, -0.05) is 12.1 Å². The molecular weight excluding hydrogens is 288 g/mol. The Hall–Kier alpha value is -1.35. The molecule has 5 aliphatic rings. The summed E-state index contributed by atoms with van der Waals surface area (Å²) in [5.74, 6) is 2.68. The predicted molar refractivity (Wildman–Crippen MR) is 85.8 cm³/mol. The molecule has 6 atom stereocenters. The molecule has 1 N–H and O–H groups in total. The van der Waals surface area contributed by atoms with Crippen LogP contribution < -0.4 is 0 Å². The molecule has 0 aliphatic heterocycles. The number of hydrogen-bond acceptors (Lipinski definition) is 3. The van der Waals surface area contributed by atoms with Gasteiger partial charge in [0, 0.05) is 5.92 Å². The Bertz CT molecular complexity index is 650. The second kappa shape index (κ2) is 4.38. The van der Waals surface area contributed by atoms with Crippen LogP contribution >= 0.6 is 0 Å². The van der Waals surface area contributed by atoms with Gasteiger partial charge in [0.1, 0.15) is 0 Å². The Morgan fingerprint density at radius 2 is 1.78 bits per heavy atom. The van der Waals surface area contributed by atoms with Crippen LogP contribution in [0.15, 0.2) is 24.3 Å². The first kappa shape index (κ1) is 14.0. The highest BCUT2D eigenvalue weighted by Gasteiger charge is 2.71. The number of carbonyl (C=O) groups is 1. The summed E-state index contributed by atoms with van der Waals surface area (Å²) < 4.78 is 4.76. The van der Waals surface area contributed by atoms with Crippen molar-refractivity contribution >= 4 is 5.97 Å². The predicted octanol–water partition coefficient (Wildman–Crippen LogP) is 3.51. The van der Waals surface area contributed by atoms with Crippen molar-refractivity contribution in [2.45, 2.75) is 44.1 Å². The Morgan fingerprint density at radius 1 is 1.13 bits per heavy atom. The van der Waals surface area contributed by atoms with Gasteiger partial charge in [-0.25, -0.2) is 4.79 Å². The molecule has 3 heteroatoms. The van der Waals surface area contributed by atoms with Gasteiger partial charge in [0.2, 0.25) is 0 Å². The lowest BCUT2D eigenvalue weighted by Crippen LogP contribution is -2.69. The van der Waals surface area contributed by atoms with E-state index < -0.39 is 5.60 Å². The fourth-order valence-electron chi connectivity index (χ4n) is 7.17. The van der Waals surface area contributed by atoms with Gasteiger partial charge >= 0.3 is 5.97 Å². The van der Waals surface area contributed by atoms with E-state index in [1.807, 2.05) is 12.1 Å². The zero-order valence-corrected chi connectivity index (χ0v) is 13.6. The van der Waals surface area contributed by atoms with Crippen molar-refractivity contribution in [1.82, 2.24) is 0 Å². The van der Waals surface area contributed by atoms with E-state index in [0.29, 0.717) is 22.8 Å². The lowest BCUT2D eigenvalue weighted by atomic mass is 9.33. The Balaban J connectivity index is 1.47. The van der Waals surface area contributed by atoms with Crippen molar-refractivity contribution in [2.24, 2.45) is 29.1 Å². The third-order valence-electron chi connectivity index (χ3n) is 7.40. The van der Waals surface area contributed by atoms with Crippen LogP contribution in [-0.4, -0.2) is 18.2 Å². The topological polar surface area (TPSA) is 46.5 Å². The van der Waals surface area contributed by atoms with E-state index in [2.05, 4.69) is 0 Å². The van der Waals surface area contributed by atoms with Crippen LogP contribution in [0.1, 0.15) is 54.4 Å². The number of esters is 1. The zero-order valence-electron chi connectivity index (χ0n) is 13.6. The molecular formula is C20H24O3. The highest BCUT2D eigenvalue weighted by molar-refractivity contribution is 5.89. The Labute approximate surface area is 137 Å². The number of rotatable bonds is 2. The van der Waals surface area contributed by atoms with Crippen molar-refractivity contribution in [1.29, 1.82) is 0 Å². The van der Waals surface area contributed by atoms with Crippen molar-refractivity contribution < 1.29 is 14.6 Å². The summed E-state index contributed by atoms with van der Waals surface area (Å²) in [7, 11) is 1.40. The molecule has 3 nitrogen and oxygen atoms in total. The van der Waals surface area contributed by atoms with Gasteiger partial charge in [-0.2, -0.15) is 0 Å². The van der Waals surface area contributed by atoms with Crippen LogP contribution in [-0.2, 0) is 10.3 Å². The third-order valence-corrected chi connectivity index (χ3v) is 7.40. The monoisotopic (exact) mass is 312 g/mol. The van der Waals surface area contributed by atoms with Crippen molar-refractivity contribution in [3.63, 3.8) is 0 Å². The number of aliphatic hydroxyl groups is 1. The first-order valence-corrected chi connectivity index (χ1v) is 8.95. The van der Waals surface area contributed by atoms with Gasteiger partial charge in [0.15, 0.2) is 0 Å². The molecule has 5 fully saturated rings. The molecule has 0 aromatic heterocycles. The maximum atomic E-state index is 11.6. The lowest BCUT2D eigenvalue weighted by Gasteiger charge is -2.73. The number of ether oxygens (including phenoxy) is 1. The van der Waals surface area contributed by atoms with Gasteiger partial charge in [0.25, 0.3) is 0 Å². The number of carbonyl (C=O) groups excluding carboxylic acids is 1. The summed E-state index contributed by atoms with van der Waals surface area (Å²) >= 11 is 0. The normalized spacial score (nSPS) is 46.2. The average molecular weight is 312 g/mol. The summed E-state index contributed by atoms with van der Waals surface area (Å²) in [6, 6.07) is 7.45. The summed E-state index contributed by atoms with van der Waals surface area (Å²) in [4.78, 5) is 11.6. The lowest BCUT2D eigenvalue weighted by molar-refractivity contribution is -0.292. The second-order valence-corrected chi connectivity index (χ2v) is 8.62. The van der Waals surface area contributed by atoms with Crippen LogP contribution in [0.3, 0.4) is 0 Å². The fourth-order valence-corrected chi connectivity index (χ4v) is 7.17. The molecule has 5 saturated carbocycles. The van der Waals surface area contributed by atoms with E-state index in [1.165, 1.54) is 39.2 Å². The Morgan fingerprint density at radius 3 is 2.35 bits per heavy atom. The zero-order chi connectivity index (χ0) is 15.8. The molecule has 1 aromatic carbocycles. The van der Waals surface area contributed by atoms with Crippen molar-refractivity contribution in [3.05, 3.63) is 35.4 Å². The van der Waals surface area contributed by atoms with Gasteiger partial charge < -0.3 is 9.84 Å². The van der Waals surface area contributed by atoms with Crippen molar-refractivity contribution in [2.75, 3.05) is 7.11 Å². The van der Waals surface area contributed by atoms with Crippen molar-refractivity contribution in [3.8, 4) is 0 Å². The minimum atomic E-state index is -0.674. The van der Waals surface area contributed by atoms with Crippen LogP contribution in [0.4, 0.5) is 0 Å². The van der Waals surface area contributed by atoms with E-state index in [-0.39, 0.29) is 5.97 Å². The van der Waals surface area contributed by atoms with E-state index >= 15 is 0 Å². The first-order valence-electron chi connectivity index (χ1n) is 8.95. The average Bonchev–Trinajstić information content (AvgIpc) is 2.52. The molecule has 4 bridgehead atoms. The third kappa shape index (κ3) is 1.72. The highest BCUT2D eigenvalue weighted by Crippen LogP contribution is 2.76. The quantitative estimate of drug-likeness (QED) is 0.850. The van der Waals surface area contributed by atoms with Gasteiger partial charge in [-0.3, -0.25) is 0 Å². The van der Waals surface area contributed by atoms with Crippen LogP contribution in [0.25, 0.3) is 0 Å². The summed E-state index contributed by atoms with van der Waals surface area (Å²) in [5, 5.41) is 11.4. The molecule has 0 radical (unpaired) electrons. The molecule has 122 valence electrons. The van der Waals surface area contributed by atoms with Gasteiger partial charge in [0.05, 0.1) is 18.3 Å². The fraction of sp³-hybridized carbons (Fsp3) is 0.650. The summed E-state index contributed by atoms with van der Waals surface area (Å²) in [5.41, 5.74) is 1.30. The highest BCUT2D eigenvalue weighted by atomic mass is 16.5. The molecule has 5 aliphatic carbocycles. The first-order chi connectivity index (χ1) is 11.0. The molecule has 23 heavy (non-hydrogen) atoms. The molecule has 0 saturated heterocycles. The van der Waals surface area contributed by atoms with E-state index in [1.54, 1.807) is 12.1 Å².